The zero-order valence-electron chi connectivity index (χ0n) is 8.22. The maximum absolute atomic E-state index is 11.3. The molecule has 0 aliphatic rings. The van der Waals surface area contributed by atoms with Crippen LogP contribution in [0.1, 0.15) is 13.8 Å². The van der Waals surface area contributed by atoms with Gasteiger partial charge in [0.1, 0.15) is 6.04 Å². The standard InChI is InChI=1S/C8H16N2O2S/c1-4-9-8(12)7(5-13-3)10-6(2)11/h7H,4-5H2,1-3H3,(H,9,12)(H,10,11). The van der Waals surface area contributed by atoms with E-state index in [2.05, 4.69) is 10.6 Å². The number of hydrogen-bond donors (Lipinski definition) is 2. The van der Waals surface area contributed by atoms with E-state index < -0.39 is 6.04 Å². The molecule has 0 heterocycles. The number of carbonyl (C=O) groups is 2. The quantitative estimate of drug-likeness (QED) is 0.662. The number of nitrogens with one attached hydrogen (secondary N) is 2. The van der Waals surface area contributed by atoms with E-state index >= 15 is 0 Å². The lowest BCUT2D eigenvalue weighted by Crippen LogP contribution is -2.47. The molecular formula is C8H16N2O2S. The van der Waals surface area contributed by atoms with E-state index in [0.29, 0.717) is 12.3 Å². The first-order chi connectivity index (χ1) is 6.11. The first kappa shape index (κ1) is 12.3. The van der Waals surface area contributed by atoms with Gasteiger partial charge in [0, 0.05) is 19.2 Å². The molecule has 0 aromatic rings. The Hall–Kier alpha value is -0.710. The van der Waals surface area contributed by atoms with Gasteiger partial charge in [-0.1, -0.05) is 0 Å². The predicted octanol–water partition coefficient (Wildman–Crippen LogP) is -0.00980. The van der Waals surface area contributed by atoms with Crippen LogP contribution in [0, 0.1) is 0 Å². The van der Waals surface area contributed by atoms with Gasteiger partial charge in [-0.25, -0.2) is 0 Å². The fourth-order valence-electron chi connectivity index (χ4n) is 0.892. The number of amides is 2. The normalized spacial score (nSPS) is 11.9. The van der Waals surface area contributed by atoms with Crippen molar-refractivity contribution in [2.24, 2.45) is 0 Å². The molecule has 0 saturated heterocycles. The highest BCUT2D eigenvalue weighted by molar-refractivity contribution is 7.98. The number of carbonyl (C=O) groups excluding carboxylic acids is 2. The SMILES string of the molecule is CCNC(=O)C(CSC)NC(C)=O. The van der Waals surface area contributed by atoms with Crippen molar-refractivity contribution < 1.29 is 9.59 Å². The lowest BCUT2D eigenvalue weighted by molar-refractivity contribution is -0.127. The number of rotatable bonds is 5. The maximum atomic E-state index is 11.3. The zero-order valence-corrected chi connectivity index (χ0v) is 9.03. The van der Waals surface area contributed by atoms with E-state index in [1.54, 1.807) is 0 Å². The summed E-state index contributed by atoms with van der Waals surface area (Å²) in [6.45, 7) is 3.84. The zero-order chi connectivity index (χ0) is 10.3. The van der Waals surface area contributed by atoms with Crippen molar-refractivity contribution in [1.29, 1.82) is 0 Å². The van der Waals surface area contributed by atoms with Gasteiger partial charge in [0.25, 0.3) is 0 Å². The second-order valence-electron chi connectivity index (χ2n) is 2.60. The van der Waals surface area contributed by atoms with Gasteiger partial charge in [0.15, 0.2) is 0 Å². The van der Waals surface area contributed by atoms with E-state index in [-0.39, 0.29) is 11.8 Å². The summed E-state index contributed by atoms with van der Waals surface area (Å²) < 4.78 is 0. The summed E-state index contributed by atoms with van der Waals surface area (Å²) in [4.78, 5) is 22.1. The molecule has 2 N–H and O–H groups in total. The van der Waals surface area contributed by atoms with Crippen LogP contribution in [0.4, 0.5) is 0 Å². The third kappa shape index (κ3) is 5.52. The fourth-order valence-corrected chi connectivity index (χ4v) is 1.46. The highest BCUT2D eigenvalue weighted by Gasteiger charge is 2.17. The largest absolute Gasteiger partial charge is 0.355 e. The Labute approximate surface area is 82.8 Å². The van der Waals surface area contributed by atoms with E-state index in [0.717, 1.165) is 0 Å². The molecule has 13 heavy (non-hydrogen) atoms. The van der Waals surface area contributed by atoms with Gasteiger partial charge in [-0.15, -0.1) is 0 Å². The molecule has 4 nitrogen and oxygen atoms in total. The van der Waals surface area contributed by atoms with Crippen molar-refractivity contribution in [1.82, 2.24) is 10.6 Å². The summed E-state index contributed by atoms with van der Waals surface area (Å²) in [5.41, 5.74) is 0. The Bertz CT molecular complexity index is 185. The number of likely N-dealkylation sites (N-methyl/N-ethyl adjacent to an activating group) is 1. The van der Waals surface area contributed by atoms with Crippen LogP contribution in [0.2, 0.25) is 0 Å². The third-order valence-corrected chi connectivity index (χ3v) is 2.04. The van der Waals surface area contributed by atoms with Crippen LogP contribution in [-0.4, -0.2) is 36.4 Å². The second kappa shape index (κ2) is 6.77. The fraction of sp³-hybridized carbons (Fsp3) is 0.750. The van der Waals surface area contributed by atoms with E-state index in [9.17, 15) is 9.59 Å². The van der Waals surface area contributed by atoms with Crippen LogP contribution in [0.25, 0.3) is 0 Å². The van der Waals surface area contributed by atoms with Crippen molar-refractivity contribution in [2.45, 2.75) is 19.9 Å². The molecule has 5 heteroatoms. The Morgan fingerprint density at radius 3 is 2.46 bits per heavy atom. The number of thioether (sulfide) groups is 1. The molecule has 2 amide bonds. The van der Waals surface area contributed by atoms with Gasteiger partial charge in [-0.05, 0) is 13.2 Å². The van der Waals surface area contributed by atoms with Crippen LogP contribution < -0.4 is 10.6 Å². The molecule has 0 aliphatic carbocycles. The van der Waals surface area contributed by atoms with E-state index in [1.807, 2.05) is 13.2 Å². The summed E-state index contributed by atoms with van der Waals surface area (Å²) in [5, 5.41) is 5.26. The lowest BCUT2D eigenvalue weighted by atomic mass is 10.3. The first-order valence-corrected chi connectivity index (χ1v) is 5.55. The molecule has 0 rings (SSSR count). The summed E-state index contributed by atoms with van der Waals surface area (Å²) in [5.74, 6) is 0.308. The van der Waals surface area contributed by atoms with E-state index in [1.165, 1.54) is 18.7 Å². The molecule has 0 fully saturated rings. The monoisotopic (exact) mass is 204 g/mol. The molecule has 0 saturated carbocycles. The highest BCUT2D eigenvalue weighted by atomic mass is 32.2. The molecule has 76 valence electrons. The van der Waals surface area contributed by atoms with Crippen molar-refractivity contribution in [3.8, 4) is 0 Å². The van der Waals surface area contributed by atoms with Crippen LogP contribution in [0.15, 0.2) is 0 Å². The molecule has 0 aliphatic heterocycles. The van der Waals surface area contributed by atoms with Crippen molar-refractivity contribution in [2.75, 3.05) is 18.6 Å². The van der Waals surface area contributed by atoms with Crippen LogP contribution in [0.5, 0.6) is 0 Å². The topological polar surface area (TPSA) is 58.2 Å². The average Bonchev–Trinajstić information content (AvgIpc) is 2.03. The van der Waals surface area contributed by atoms with Gasteiger partial charge >= 0.3 is 0 Å². The van der Waals surface area contributed by atoms with Crippen LogP contribution >= 0.6 is 11.8 Å². The molecule has 0 radical (unpaired) electrons. The Morgan fingerprint density at radius 1 is 1.46 bits per heavy atom. The van der Waals surface area contributed by atoms with Crippen LogP contribution in [0.3, 0.4) is 0 Å². The van der Waals surface area contributed by atoms with Gasteiger partial charge in [-0.2, -0.15) is 11.8 Å². The first-order valence-electron chi connectivity index (χ1n) is 4.15. The maximum Gasteiger partial charge on any atom is 0.243 e. The van der Waals surface area contributed by atoms with Crippen molar-refractivity contribution >= 4 is 23.6 Å². The van der Waals surface area contributed by atoms with Crippen molar-refractivity contribution in [3.05, 3.63) is 0 Å². The minimum Gasteiger partial charge on any atom is -0.355 e. The summed E-state index contributed by atoms with van der Waals surface area (Å²) >= 11 is 1.53. The molecule has 1 atom stereocenters. The molecule has 0 spiro atoms. The summed E-state index contributed by atoms with van der Waals surface area (Å²) in [7, 11) is 0. The van der Waals surface area contributed by atoms with Gasteiger partial charge in [0.05, 0.1) is 0 Å². The third-order valence-electron chi connectivity index (χ3n) is 1.38. The van der Waals surface area contributed by atoms with Crippen LogP contribution in [-0.2, 0) is 9.59 Å². The van der Waals surface area contributed by atoms with Gasteiger partial charge in [0.2, 0.25) is 11.8 Å². The molecule has 0 bridgehead atoms. The molecule has 0 aromatic heterocycles. The van der Waals surface area contributed by atoms with Gasteiger partial charge in [-0.3, -0.25) is 9.59 Å². The Morgan fingerprint density at radius 2 is 2.08 bits per heavy atom. The Balaban J connectivity index is 4.06. The summed E-state index contributed by atoms with van der Waals surface area (Å²) in [6.07, 6.45) is 1.90. The second-order valence-corrected chi connectivity index (χ2v) is 3.51. The highest BCUT2D eigenvalue weighted by Crippen LogP contribution is 1.97. The minimum absolute atomic E-state index is 0.118. The predicted molar refractivity (Wildman–Crippen MR) is 54.7 cm³/mol. The van der Waals surface area contributed by atoms with Crippen molar-refractivity contribution in [3.63, 3.8) is 0 Å². The smallest absolute Gasteiger partial charge is 0.243 e. The number of hydrogen-bond acceptors (Lipinski definition) is 3. The molecule has 1 unspecified atom stereocenters. The minimum atomic E-state index is -0.410. The average molecular weight is 204 g/mol. The molecular weight excluding hydrogens is 188 g/mol. The van der Waals surface area contributed by atoms with Gasteiger partial charge < -0.3 is 10.6 Å². The lowest BCUT2D eigenvalue weighted by Gasteiger charge is -2.15. The summed E-state index contributed by atoms with van der Waals surface area (Å²) in [6, 6.07) is -0.410. The molecule has 0 aromatic carbocycles. The van der Waals surface area contributed by atoms with E-state index in [4.69, 9.17) is 0 Å². The Kier molecular flexibility index (Phi) is 6.40.